The molecule has 0 aliphatic heterocycles. The molecular formula is C16H17ClF3N3O2. The standard InChI is InChI=1S/C16H17ClF3N3O2/c1-15(2,3)14(24)12(23-9-21-8-22-23)7-10-4-5-13(11(17)6-10)25-16(18,19)20/h4-9,14,24H,1-3H3. The Morgan fingerprint density at radius 2 is 2.00 bits per heavy atom. The lowest BCUT2D eigenvalue weighted by atomic mass is 9.86. The summed E-state index contributed by atoms with van der Waals surface area (Å²) >= 11 is 5.86. The Labute approximate surface area is 147 Å². The minimum absolute atomic E-state index is 0.200. The lowest BCUT2D eigenvalue weighted by Gasteiger charge is -2.28. The highest BCUT2D eigenvalue weighted by Crippen LogP contribution is 2.33. The van der Waals surface area contributed by atoms with Crippen LogP contribution in [0.2, 0.25) is 5.02 Å². The van der Waals surface area contributed by atoms with Crippen LogP contribution in [-0.4, -0.2) is 32.3 Å². The minimum Gasteiger partial charge on any atom is -0.404 e. The van der Waals surface area contributed by atoms with Gasteiger partial charge < -0.3 is 9.84 Å². The number of hydrogen-bond donors (Lipinski definition) is 1. The fraction of sp³-hybridized carbons (Fsp3) is 0.375. The Morgan fingerprint density at radius 3 is 2.48 bits per heavy atom. The molecule has 1 N–H and O–H groups in total. The van der Waals surface area contributed by atoms with Crippen molar-refractivity contribution in [2.75, 3.05) is 0 Å². The summed E-state index contributed by atoms with van der Waals surface area (Å²) in [6.45, 7) is 5.53. The van der Waals surface area contributed by atoms with Crippen molar-refractivity contribution in [2.45, 2.75) is 33.2 Å². The lowest BCUT2D eigenvalue weighted by Crippen LogP contribution is -2.29. The van der Waals surface area contributed by atoms with E-state index in [0.29, 0.717) is 11.3 Å². The summed E-state index contributed by atoms with van der Waals surface area (Å²) < 4.78 is 42.2. The summed E-state index contributed by atoms with van der Waals surface area (Å²) in [5.41, 5.74) is 0.389. The van der Waals surface area contributed by atoms with E-state index >= 15 is 0 Å². The number of nitrogens with zero attached hydrogens (tertiary/aromatic N) is 3. The Hall–Kier alpha value is -2.06. The summed E-state index contributed by atoms with van der Waals surface area (Å²) in [6, 6.07) is 3.83. The number of aliphatic hydroxyl groups is 1. The van der Waals surface area contributed by atoms with E-state index in [0.717, 1.165) is 6.07 Å². The fourth-order valence-electron chi connectivity index (χ4n) is 2.04. The van der Waals surface area contributed by atoms with Crippen LogP contribution in [-0.2, 0) is 0 Å². The van der Waals surface area contributed by atoms with Crippen LogP contribution in [0.25, 0.3) is 11.8 Å². The van der Waals surface area contributed by atoms with E-state index in [1.54, 1.807) is 6.08 Å². The maximum atomic E-state index is 12.3. The van der Waals surface area contributed by atoms with E-state index in [4.69, 9.17) is 11.6 Å². The van der Waals surface area contributed by atoms with E-state index in [9.17, 15) is 18.3 Å². The van der Waals surface area contributed by atoms with Crippen LogP contribution in [0.4, 0.5) is 13.2 Å². The average molecular weight is 376 g/mol. The molecule has 1 heterocycles. The first-order valence-corrected chi connectivity index (χ1v) is 7.65. The molecule has 0 saturated heterocycles. The van der Waals surface area contributed by atoms with Gasteiger partial charge in [-0.15, -0.1) is 13.2 Å². The smallest absolute Gasteiger partial charge is 0.404 e. The third-order valence-corrected chi connectivity index (χ3v) is 3.58. The predicted molar refractivity (Wildman–Crippen MR) is 87.8 cm³/mol. The molecule has 1 aromatic heterocycles. The molecular weight excluding hydrogens is 359 g/mol. The van der Waals surface area contributed by atoms with Crippen LogP contribution in [0, 0.1) is 5.41 Å². The molecule has 0 saturated carbocycles. The van der Waals surface area contributed by atoms with Crippen LogP contribution < -0.4 is 4.74 Å². The van der Waals surface area contributed by atoms with E-state index in [1.807, 2.05) is 20.8 Å². The number of halogens is 4. The van der Waals surface area contributed by atoms with Crippen molar-refractivity contribution < 1.29 is 23.0 Å². The van der Waals surface area contributed by atoms with Crippen molar-refractivity contribution in [1.82, 2.24) is 14.8 Å². The molecule has 1 atom stereocenters. The maximum absolute atomic E-state index is 12.3. The zero-order valence-corrected chi connectivity index (χ0v) is 14.5. The van der Waals surface area contributed by atoms with Gasteiger partial charge >= 0.3 is 6.36 Å². The van der Waals surface area contributed by atoms with Gasteiger partial charge in [0.05, 0.1) is 10.7 Å². The van der Waals surface area contributed by atoms with Gasteiger partial charge in [-0.3, -0.25) is 0 Å². The monoisotopic (exact) mass is 375 g/mol. The Bertz CT molecular complexity index is 753. The van der Waals surface area contributed by atoms with Gasteiger partial charge in [-0.25, -0.2) is 9.67 Å². The Morgan fingerprint density at radius 1 is 1.32 bits per heavy atom. The lowest BCUT2D eigenvalue weighted by molar-refractivity contribution is -0.274. The molecule has 0 aliphatic rings. The van der Waals surface area contributed by atoms with Crippen LogP contribution in [0.15, 0.2) is 30.9 Å². The van der Waals surface area contributed by atoms with Crippen molar-refractivity contribution >= 4 is 23.4 Å². The topological polar surface area (TPSA) is 60.2 Å². The molecule has 136 valence electrons. The molecule has 0 bridgehead atoms. The summed E-state index contributed by atoms with van der Waals surface area (Å²) in [4.78, 5) is 3.85. The van der Waals surface area contributed by atoms with Gasteiger partial charge in [-0.05, 0) is 29.2 Å². The first kappa shape index (κ1) is 19.3. The molecule has 0 amide bonds. The molecule has 0 fully saturated rings. The molecule has 2 rings (SSSR count). The summed E-state index contributed by atoms with van der Waals surface area (Å²) in [7, 11) is 0. The third kappa shape index (κ3) is 5.20. The largest absolute Gasteiger partial charge is 0.573 e. The van der Waals surface area contributed by atoms with Gasteiger partial charge in [0, 0.05) is 0 Å². The van der Waals surface area contributed by atoms with E-state index in [-0.39, 0.29) is 5.02 Å². The third-order valence-electron chi connectivity index (χ3n) is 3.28. The fourth-order valence-corrected chi connectivity index (χ4v) is 2.27. The van der Waals surface area contributed by atoms with Crippen molar-refractivity contribution in [3.05, 3.63) is 41.4 Å². The second-order valence-electron chi connectivity index (χ2n) is 6.42. The molecule has 0 radical (unpaired) electrons. The van der Waals surface area contributed by atoms with Gasteiger partial charge in [0.1, 0.15) is 24.5 Å². The van der Waals surface area contributed by atoms with Gasteiger partial charge in [-0.1, -0.05) is 38.4 Å². The highest BCUT2D eigenvalue weighted by Gasteiger charge is 2.32. The number of ether oxygens (including phenoxy) is 1. The van der Waals surface area contributed by atoms with E-state index < -0.39 is 23.6 Å². The second kappa shape index (κ2) is 7.05. The highest BCUT2D eigenvalue weighted by atomic mass is 35.5. The molecule has 0 aliphatic carbocycles. The molecule has 1 aromatic carbocycles. The van der Waals surface area contributed by atoms with Crippen LogP contribution in [0.3, 0.4) is 0 Å². The zero-order valence-electron chi connectivity index (χ0n) is 13.8. The first-order valence-electron chi connectivity index (χ1n) is 7.27. The molecule has 0 spiro atoms. The van der Waals surface area contributed by atoms with Gasteiger partial charge in [-0.2, -0.15) is 5.10 Å². The second-order valence-corrected chi connectivity index (χ2v) is 6.82. The first-order chi connectivity index (χ1) is 11.5. The molecule has 1 unspecified atom stereocenters. The number of aromatic nitrogens is 3. The summed E-state index contributed by atoms with van der Waals surface area (Å²) in [5.74, 6) is -0.495. The van der Waals surface area contributed by atoms with Crippen LogP contribution in [0.1, 0.15) is 26.3 Å². The maximum Gasteiger partial charge on any atom is 0.573 e. The van der Waals surface area contributed by atoms with E-state index in [2.05, 4.69) is 14.8 Å². The number of aliphatic hydroxyl groups excluding tert-OH is 1. The van der Waals surface area contributed by atoms with Crippen molar-refractivity contribution in [3.63, 3.8) is 0 Å². The number of benzene rings is 1. The average Bonchev–Trinajstić information content (AvgIpc) is 2.98. The predicted octanol–water partition coefficient (Wildman–Crippen LogP) is 4.24. The summed E-state index contributed by atoms with van der Waals surface area (Å²) in [6.07, 6.45) is -1.41. The quantitative estimate of drug-likeness (QED) is 0.868. The van der Waals surface area contributed by atoms with Crippen molar-refractivity contribution in [1.29, 1.82) is 0 Å². The van der Waals surface area contributed by atoms with Gasteiger partial charge in [0.2, 0.25) is 0 Å². The Kier molecular flexibility index (Phi) is 5.43. The summed E-state index contributed by atoms with van der Waals surface area (Å²) in [5, 5.41) is 14.4. The number of hydrogen-bond acceptors (Lipinski definition) is 4. The highest BCUT2D eigenvalue weighted by molar-refractivity contribution is 6.32. The molecule has 9 heteroatoms. The normalized spacial score (nSPS) is 14.5. The molecule has 25 heavy (non-hydrogen) atoms. The molecule has 2 aromatic rings. The number of alkyl halides is 3. The van der Waals surface area contributed by atoms with Crippen molar-refractivity contribution in [3.8, 4) is 5.75 Å². The number of rotatable bonds is 4. The minimum atomic E-state index is -4.82. The van der Waals surface area contributed by atoms with Gasteiger partial charge in [0.15, 0.2) is 0 Å². The zero-order chi connectivity index (χ0) is 18.8. The SMILES string of the molecule is CC(C)(C)C(O)C(=Cc1ccc(OC(F)(F)F)c(Cl)c1)n1cncn1. The van der Waals surface area contributed by atoms with E-state index in [1.165, 1.54) is 29.5 Å². The van der Waals surface area contributed by atoms with Gasteiger partial charge in [0.25, 0.3) is 0 Å². The van der Waals surface area contributed by atoms with Crippen molar-refractivity contribution in [2.24, 2.45) is 5.41 Å². The van der Waals surface area contributed by atoms with Crippen LogP contribution in [0.5, 0.6) is 5.75 Å². The molecule has 5 nitrogen and oxygen atoms in total. The van der Waals surface area contributed by atoms with Crippen LogP contribution >= 0.6 is 11.6 Å². The Balaban J connectivity index is 2.42.